The van der Waals surface area contributed by atoms with Crippen molar-refractivity contribution in [1.29, 1.82) is 0 Å². The van der Waals surface area contributed by atoms with Gasteiger partial charge in [0.15, 0.2) is 5.69 Å². The summed E-state index contributed by atoms with van der Waals surface area (Å²) >= 11 is 0. The largest absolute Gasteiger partial charge is 0.411 e. The molecule has 25 heavy (non-hydrogen) atoms. The van der Waals surface area contributed by atoms with Crippen molar-refractivity contribution in [2.75, 3.05) is 13.2 Å². The summed E-state index contributed by atoms with van der Waals surface area (Å²) in [6.45, 7) is 1.43. The Balaban J connectivity index is 1.99. The van der Waals surface area contributed by atoms with E-state index >= 15 is 0 Å². The molecule has 0 aliphatic carbocycles. The van der Waals surface area contributed by atoms with Crippen molar-refractivity contribution in [3.05, 3.63) is 41.5 Å². The van der Waals surface area contributed by atoms with E-state index in [2.05, 4.69) is 20.4 Å². The van der Waals surface area contributed by atoms with E-state index in [-0.39, 0.29) is 12.3 Å². The summed E-state index contributed by atoms with van der Waals surface area (Å²) in [5.41, 5.74) is 0.950. The molecule has 1 aromatic heterocycles. The highest BCUT2D eigenvalue weighted by Crippen LogP contribution is 2.15. The minimum absolute atomic E-state index is 0.0204. The Labute approximate surface area is 140 Å². The van der Waals surface area contributed by atoms with Gasteiger partial charge < -0.3 is 10.1 Å². The standard InChI is InChI=1S/C15H16F4N4O2/c1-9(7-25-8-15(17,18)19)20-14(24)13-10(2)23(22-21-13)12-5-3-11(16)4-6-12/h3-6,9H,7-8H2,1-2H3,(H,20,24). The van der Waals surface area contributed by atoms with Crippen LogP contribution < -0.4 is 5.32 Å². The molecule has 1 atom stereocenters. The zero-order chi connectivity index (χ0) is 18.6. The second kappa shape index (κ2) is 7.60. The van der Waals surface area contributed by atoms with Gasteiger partial charge in [-0.25, -0.2) is 9.07 Å². The van der Waals surface area contributed by atoms with E-state index in [1.165, 1.54) is 35.9 Å². The van der Waals surface area contributed by atoms with Crippen LogP contribution in [0.1, 0.15) is 23.1 Å². The first-order valence-electron chi connectivity index (χ1n) is 7.31. The summed E-state index contributed by atoms with van der Waals surface area (Å²) in [5.74, 6) is -0.999. The number of nitrogens with zero attached hydrogens (tertiary/aromatic N) is 3. The number of carbonyl (C=O) groups excluding carboxylic acids is 1. The number of hydrogen-bond donors (Lipinski definition) is 1. The number of rotatable bonds is 6. The lowest BCUT2D eigenvalue weighted by Gasteiger charge is -2.14. The molecule has 0 saturated heterocycles. The SMILES string of the molecule is Cc1c(C(=O)NC(C)COCC(F)(F)F)nnn1-c1ccc(F)cc1. The van der Waals surface area contributed by atoms with Crippen LogP contribution in [0.25, 0.3) is 5.69 Å². The Kier molecular flexibility index (Phi) is 5.73. The maximum atomic E-state index is 13.0. The van der Waals surface area contributed by atoms with Crippen LogP contribution in [0.5, 0.6) is 0 Å². The van der Waals surface area contributed by atoms with Gasteiger partial charge in [-0.2, -0.15) is 13.2 Å². The molecular weight excluding hydrogens is 344 g/mol. The van der Waals surface area contributed by atoms with E-state index in [1.54, 1.807) is 6.92 Å². The smallest absolute Gasteiger partial charge is 0.370 e. The first-order chi connectivity index (χ1) is 11.7. The van der Waals surface area contributed by atoms with Gasteiger partial charge in [-0.3, -0.25) is 4.79 Å². The summed E-state index contributed by atoms with van der Waals surface area (Å²) in [4.78, 5) is 12.2. The maximum absolute atomic E-state index is 13.0. The average molecular weight is 360 g/mol. The fourth-order valence-corrected chi connectivity index (χ4v) is 2.05. The Morgan fingerprint density at radius 2 is 1.96 bits per heavy atom. The Bertz CT molecular complexity index is 728. The minimum Gasteiger partial charge on any atom is -0.370 e. The van der Waals surface area contributed by atoms with Crippen LogP contribution in [0.4, 0.5) is 17.6 Å². The van der Waals surface area contributed by atoms with Crippen LogP contribution in [0.15, 0.2) is 24.3 Å². The van der Waals surface area contributed by atoms with Gasteiger partial charge in [0.25, 0.3) is 5.91 Å². The number of carbonyl (C=O) groups is 1. The van der Waals surface area contributed by atoms with Crippen molar-refractivity contribution in [1.82, 2.24) is 20.3 Å². The van der Waals surface area contributed by atoms with Crippen LogP contribution in [0.3, 0.4) is 0 Å². The van der Waals surface area contributed by atoms with Gasteiger partial charge in [-0.1, -0.05) is 5.21 Å². The van der Waals surface area contributed by atoms with Gasteiger partial charge in [-0.05, 0) is 38.1 Å². The first kappa shape index (κ1) is 18.8. The third-order valence-corrected chi connectivity index (χ3v) is 3.19. The zero-order valence-corrected chi connectivity index (χ0v) is 13.5. The molecule has 1 heterocycles. The van der Waals surface area contributed by atoms with E-state index < -0.39 is 30.5 Å². The maximum Gasteiger partial charge on any atom is 0.411 e. The highest BCUT2D eigenvalue weighted by Gasteiger charge is 2.28. The van der Waals surface area contributed by atoms with Gasteiger partial charge in [-0.15, -0.1) is 5.10 Å². The summed E-state index contributed by atoms with van der Waals surface area (Å²) < 4.78 is 54.9. The lowest BCUT2D eigenvalue weighted by Crippen LogP contribution is -2.37. The number of benzene rings is 1. The third kappa shape index (κ3) is 5.24. The van der Waals surface area contributed by atoms with Gasteiger partial charge in [0, 0.05) is 6.04 Å². The molecule has 6 nitrogen and oxygen atoms in total. The van der Waals surface area contributed by atoms with Crippen LogP contribution in [-0.2, 0) is 4.74 Å². The highest BCUT2D eigenvalue weighted by atomic mass is 19.4. The lowest BCUT2D eigenvalue weighted by molar-refractivity contribution is -0.174. The number of hydrogen-bond acceptors (Lipinski definition) is 4. The molecule has 10 heteroatoms. The monoisotopic (exact) mass is 360 g/mol. The fraction of sp³-hybridized carbons (Fsp3) is 0.400. The molecule has 0 aliphatic rings. The van der Waals surface area contributed by atoms with Crippen molar-refractivity contribution < 1.29 is 27.1 Å². The van der Waals surface area contributed by atoms with E-state index in [0.29, 0.717) is 11.4 Å². The van der Waals surface area contributed by atoms with Crippen LogP contribution in [0.2, 0.25) is 0 Å². The first-order valence-corrected chi connectivity index (χ1v) is 7.31. The Hall–Kier alpha value is -2.49. The van der Waals surface area contributed by atoms with Crippen molar-refractivity contribution in [3.63, 3.8) is 0 Å². The van der Waals surface area contributed by atoms with Crippen LogP contribution in [-0.4, -0.2) is 46.3 Å². The zero-order valence-electron chi connectivity index (χ0n) is 13.5. The topological polar surface area (TPSA) is 69.0 Å². The Morgan fingerprint density at radius 3 is 2.56 bits per heavy atom. The summed E-state index contributed by atoms with van der Waals surface area (Å²) in [7, 11) is 0. The van der Waals surface area contributed by atoms with Gasteiger partial charge in [0.2, 0.25) is 0 Å². The van der Waals surface area contributed by atoms with Gasteiger partial charge in [0.1, 0.15) is 12.4 Å². The van der Waals surface area contributed by atoms with Crippen molar-refractivity contribution in [2.45, 2.75) is 26.1 Å². The summed E-state index contributed by atoms with van der Waals surface area (Å²) in [6.07, 6.45) is -4.42. The molecule has 1 amide bonds. The molecule has 136 valence electrons. The highest BCUT2D eigenvalue weighted by molar-refractivity contribution is 5.93. The lowest BCUT2D eigenvalue weighted by atomic mass is 10.2. The van der Waals surface area contributed by atoms with Crippen molar-refractivity contribution >= 4 is 5.91 Å². The molecule has 1 aromatic carbocycles. The summed E-state index contributed by atoms with van der Waals surface area (Å²) in [5, 5.41) is 10.1. The average Bonchev–Trinajstić information content (AvgIpc) is 2.88. The Morgan fingerprint density at radius 1 is 1.32 bits per heavy atom. The predicted octanol–water partition coefficient (Wildman–Crippen LogP) is 2.41. The number of ether oxygens (including phenoxy) is 1. The van der Waals surface area contributed by atoms with Gasteiger partial charge >= 0.3 is 6.18 Å². The second-order valence-electron chi connectivity index (χ2n) is 5.42. The van der Waals surface area contributed by atoms with Crippen molar-refractivity contribution in [3.8, 4) is 5.69 Å². The molecule has 2 aromatic rings. The fourth-order valence-electron chi connectivity index (χ4n) is 2.05. The molecule has 2 rings (SSSR count). The van der Waals surface area contributed by atoms with E-state index in [9.17, 15) is 22.4 Å². The summed E-state index contributed by atoms with van der Waals surface area (Å²) in [6, 6.07) is 4.80. The molecule has 0 aliphatic heterocycles. The van der Waals surface area contributed by atoms with Gasteiger partial charge in [0.05, 0.1) is 18.0 Å². The molecule has 0 radical (unpaired) electrons. The quantitative estimate of drug-likeness (QED) is 0.804. The molecule has 0 fully saturated rings. The van der Waals surface area contributed by atoms with E-state index in [4.69, 9.17) is 0 Å². The van der Waals surface area contributed by atoms with Crippen molar-refractivity contribution in [2.24, 2.45) is 0 Å². The van der Waals surface area contributed by atoms with E-state index in [1.807, 2.05) is 0 Å². The number of aromatic nitrogens is 3. The molecule has 0 spiro atoms. The number of nitrogens with one attached hydrogen (secondary N) is 1. The normalized spacial score (nSPS) is 12.9. The predicted molar refractivity (Wildman–Crippen MR) is 79.9 cm³/mol. The molecule has 1 unspecified atom stereocenters. The number of alkyl halides is 3. The molecule has 1 N–H and O–H groups in total. The number of halogens is 4. The minimum atomic E-state index is -4.42. The van der Waals surface area contributed by atoms with Crippen LogP contribution in [0, 0.1) is 12.7 Å². The molecular formula is C15H16F4N4O2. The molecule has 0 saturated carbocycles. The van der Waals surface area contributed by atoms with Crippen LogP contribution >= 0.6 is 0 Å². The van der Waals surface area contributed by atoms with E-state index in [0.717, 1.165) is 0 Å². The number of amides is 1. The second-order valence-corrected chi connectivity index (χ2v) is 5.42. The molecule has 0 bridgehead atoms. The third-order valence-electron chi connectivity index (χ3n) is 3.19.